The average Bonchev–Trinajstić information content (AvgIpc) is 2.75. The summed E-state index contributed by atoms with van der Waals surface area (Å²) in [5.41, 5.74) is 3.16. The number of fused-ring (bicyclic) bond motifs is 1. The summed E-state index contributed by atoms with van der Waals surface area (Å²) in [4.78, 5) is 0. The summed E-state index contributed by atoms with van der Waals surface area (Å²) in [7, 11) is 1.92. The molecule has 0 fully saturated rings. The van der Waals surface area contributed by atoms with Crippen molar-refractivity contribution in [1.29, 1.82) is 0 Å². The van der Waals surface area contributed by atoms with Gasteiger partial charge in [-0.25, -0.2) is 0 Å². The zero-order valence-corrected chi connectivity index (χ0v) is 13.0. The van der Waals surface area contributed by atoms with Crippen molar-refractivity contribution in [3.05, 3.63) is 34.1 Å². The summed E-state index contributed by atoms with van der Waals surface area (Å²) in [6.07, 6.45) is 1.97. The molecule has 2 heterocycles. The molecule has 0 spiro atoms. The molecule has 5 nitrogen and oxygen atoms in total. The predicted molar refractivity (Wildman–Crippen MR) is 80.4 cm³/mol. The zero-order chi connectivity index (χ0) is 14.1. The van der Waals surface area contributed by atoms with Crippen LogP contribution in [0.3, 0.4) is 0 Å². The first-order chi connectivity index (χ1) is 9.63. The van der Waals surface area contributed by atoms with Crippen LogP contribution in [-0.2, 0) is 13.6 Å². The lowest BCUT2D eigenvalue weighted by molar-refractivity contribution is 0.170. The van der Waals surface area contributed by atoms with Gasteiger partial charge in [0.25, 0.3) is 0 Å². The van der Waals surface area contributed by atoms with Crippen LogP contribution in [0.4, 0.5) is 5.69 Å². The first-order valence-corrected chi connectivity index (χ1v) is 7.25. The second-order valence-corrected chi connectivity index (χ2v) is 5.61. The summed E-state index contributed by atoms with van der Waals surface area (Å²) in [5.74, 6) is 1.59. The summed E-state index contributed by atoms with van der Waals surface area (Å²) in [5, 5.41) is 7.69. The van der Waals surface area contributed by atoms with Gasteiger partial charge in [-0.1, -0.05) is 0 Å². The van der Waals surface area contributed by atoms with E-state index in [0.717, 1.165) is 32.9 Å². The van der Waals surface area contributed by atoms with Gasteiger partial charge in [0, 0.05) is 19.8 Å². The number of ether oxygens (including phenoxy) is 2. The van der Waals surface area contributed by atoms with E-state index >= 15 is 0 Å². The molecule has 1 aliphatic rings. The summed E-state index contributed by atoms with van der Waals surface area (Å²) < 4.78 is 13.9. The Morgan fingerprint density at radius 3 is 2.90 bits per heavy atom. The van der Waals surface area contributed by atoms with E-state index < -0.39 is 0 Å². The Morgan fingerprint density at radius 1 is 1.35 bits per heavy atom. The molecular formula is C14H16BrN3O2. The normalized spacial score (nSPS) is 13.3. The molecule has 106 valence electrons. The van der Waals surface area contributed by atoms with Gasteiger partial charge >= 0.3 is 0 Å². The Labute approximate surface area is 126 Å². The Kier molecular flexibility index (Phi) is 3.56. The molecular weight excluding hydrogens is 322 g/mol. The van der Waals surface area contributed by atoms with E-state index in [-0.39, 0.29) is 0 Å². The number of hydrogen-bond acceptors (Lipinski definition) is 4. The summed E-state index contributed by atoms with van der Waals surface area (Å²) in [6.45, 7) is 3.89. The molecule has 0 radical (unpaired) electrons. The summed E-state index contributed by atoms with van der Waals surface area (Å²) in [6, 6.07) is 4.06. The highest BCUT2D eigenvalue weighted by Gasteiger charge is 2.16. The van der Waals surface area contributed by atoms with Crippen LogP contribution in [0.2, 0.25) is 0 Å². The molecule has 0 saturated heterocycles. The summed E-state index contributed by atoms with van der Waals surface area (Å²) >= 11 is 3.53. The van der Waals surface area contributed by atoms with E-state index in [4.69, 9.17) is 9.47 Å². The van der Waals surface area contributed by atoms with Gasteiger partial charge in [0.15, 0.2) is 11.5 Å². The fraction of sp³-hybridized carbons (Fsp3) is 0.357. The number of aryl methyl sites for hydroxylation is 2. The lowest BCUT2D eigenvalue weighted by atomic mass is 10.2. The van der Waals surface area contributed by atoms with Crippen molar-refractivity contribution in [2.24, 2.45) is 7.05 Å². The van der Waals surface area contributed by atoms with Crippen molar-refractivity contribution in [2.45, 2.75) is 13.5 Å². The first kappa shape index (κ1) is 13.3. The largest absolute Gasteiger partial charge is 0.486 e. The highest BCUT2D eigenvalue weighted by molar-refractivity contribution is 9.10. The molecule has 0 atom stereocenters. The van der Waals surface area contributed by atoms with Gasteiger partial charge in [-0.2, -0.15) is 5.10 Å². The van der Waals surface area contributed by atoms with Crippen LogP contribution in [0, 0.1) is 6.92 Å². The minimum atomic E-state index is 0.595. The second-order valence-electron chi connectivity index (χ2n) is 4.76. The van der Waals surface area contributed by atoms with E-state index in [0.29, 0.717) is 19.8 Å². The minimum absolute atomic E-state index is 0.595. The predicted octanol–water partition coefficient (Wildman–Crippen LogP) is 2.87. The van der Waals surface area contributed by atoms with Crippen molar-refractivity contribution in [3.8, 4) is 11.5 Å². The van der Waals surface area contributed by atoms with E-state index in [2.05, 4.69) is 26.3 Å². The first-order valence-electron chi connectivity index (χ1n) is 6.45. The molecule has 0 unspecified atom stereocenters. The highest BCUT2D eigenvalue weighted by Crippen LogP contribution is 2.38. The van der Waals surface area contributed by atoms with Crippen molar-refractivity contribution < 1.29 is 9.47 Å². The SMILES string of the molecule is Cc1nn(C)cc1NCc1cc(Br)c2c(c1)OCCO2. The Balaban J connectivity index is 1.78. The highest BCUT2D eigenvalue weighted by atomic mass is 79.9. The van der Waals surface area contributed by atoms with Gasteiger partial charge in [-0.15, -0.1) is 0 Å². The Morgan fingerprint density at radius 2 is 2.15 bits per heavy atom. The van der Waals surface area contributed by atoms with E-state index in [1.807, 2.05) is 32.3 Å². The fourth-order valence-electron chi connectivity index (χ4n) is 2.24. The van der Waals surface area contributed by atoms with E-state index in [1.54, 1.807) is 4.68 Å². The fourth-order valence-corrected chi connectivity index (χ4v) is 2.84. The quantitative estimate of drug-likeness (QED) is 0.935. The van der Waals surface area contributed by atoms with Crippen LogP contribution in [0.15, 0.2) is 22.8 Å². The van der Waals surface area contributed by atoms with Crippen LogP contribution < -0.4 is 14.8 Å². The lowest BCUT2D eigenvalue weighted by Gasteiger charge is -2.20. The molecule has 2 aromatic rings. The monoisotopic (exact) mass is 337 g/mol. The third-order valence-corrected chi connectivity index (χ3v) is 3.74. The second kappa shape index (κ2) is 5.36. The van der Waals surface area contributed by atoms with Crippen LogP contribution in [0.25, 0.3) is 0 Å². The van der Waals surface area contributed by atoms with Crippen LogP contribution in [0.1, 0.15) is 11.3 Å². The minimum Gasteiger partial charge on any atom is -0.486 e. The lowest BCUT2D eigenvalue weighted by Crippen LogP contribution is -2.16. The number of nitrogens with one attached hydrogen (secondary N) is 1. The maximum Gasteiger partial charge on any atom is 0.175 e. The molecule has 1 N–H and O–H groups in total. The van der Waals surface area contributed by atoms with Gasteiger partial charge in [0.1, 0.15) is 13.2 Å². The molecule has 0 saturated carbocycles. The van der Waals surface area contributed by atoms with Crippen molar-refractivity contribution in [1.82, 2.24) is 9.78 Å². The zero-order valence-electron chi connectivity index (χ0n) is 11.4. The number of halogens is 1. The number of rotatable bonds is 3. The third kappa shape index (κ3) is 2.60. The molecule has 20 heavy (non-hydrogen) atoms. The smallest absolute Gasteiger partial charge is 0.175 e. The molecule has 1 aliphatic heterocycles. The maximum absolute atomic E-state index is 5.63. The molecule has 3 rings (SSSR count). The van der Waals surface area contributed by atoms with Crippen molar-refractivity contribution >= 4 is 21.6 Å². The Bertz CT molecular complexity index is 640. The molecule has 1 aromatic carbocycles. The van der Waals surface area contributed by atoms with Crippen molar-refractivity contribution in [3.63, 3.8) is 0 Å². The van der Waals surface area contributed by atoms with Gasteiger partial charge in [-0.05, 0) is 40.5 Å². The maximum atomic E-state index is 5.63. The topological polar surface area (TPSA) is 48.3 Å². The number of aromatic nitrogens is 2. The van der Waals surface area contributed by atoms with Gasteiger partial charge in [0.05, 0.1) is 15.9 Å². The molecule has 0 aliphatic carbocycles. The third-order valence-electron chi connectivity index (χ3n) is 3.15. The van der Waals surface area contributed by atoms with Crippen molar-refractivity contribution in [2.75, 3.05) is 18.5 Å². The number of hydrogen-bond donors (Lipinski definition) is 1. The number of anilines is 1. The molecule has 6 heteroatoms. The molecule has 0 bridgehead atoms. The average molecular weight is 338 g/mol. The van der Waals surface area contributed by atoms with Crippen LogP contribution >= 0.6 is 15.9 Å². The number of benzene rings is 1. The molecule has 0 amide bonds. The van der Waals surface area contributed by atoms with E-state index in [1.165, 1.54) is 0 Å². The van der Waals surface area contributed by atoms with Crippen LogP contribution in [0.5, 0.6) is 11.5 Å². The standard InChI is InChI=1S/C14H16BrN3O2/c1-9-12(8-18(2)17-9)16-7-10-5-11(15)14-13(6-10)19-3-4-20-14/h5-6,8,16H,3-4,7H2,1-2H3. The van der Waals surface area contributed by atoms with Gasteiger partial charge in [-0.3, -0.25) is 4.68 Å². The molecule has 1 aromatic heterocycles. The van der Waals surface area contributed by atoms with Crippen LogP contribution in [-0.4, -0.2) is 23.0 Å². The van der Waals surface area contributed by atoms with Gasteiger partial charge in [0.2, 0.25) is 0 Å². The van der Waals surface area contributed by atoms with E-state index in [9.17, 15) is 0 Å². The Hall–Kier alpha value is -1.69. The van der Waals surface area contributed by atoms with Gasteiger partial charge < -0.3 is 14.8 Å². The number of nitrogens with zero attached hydrogens (tertiary/aromatic N) is 2.